The van der Waals surface area contributed by atoms with Crippen LogP contribution in [0.3, 0.4) is 0 Å². The van der Waals surface area contributed by atoms with Crippen molar-refractivity contribution < 1.29 is 18.3 Å². The van der Waals surface area contributed by atoms with Gasteiger partial charge in [0.25, 0.3) is 6.08 Å². The Bertz CT molecular complexity index is 720. The summed E-state index contributed by atoms with van der Waals surface area (Å²) in [6.45, 7) is 3.41. The number of ether oxygens (including phenoxy) is 1. The Labute approximate surface area is 139 Å². The fourth-order valence-corrected chi connectivity index (χ4v) is 2.27. The number of para-hydroxylation sites is 1. The van der Waals surface area contributed by atoms with E-state index < -0.39 is 12.0 Å². The van der Waals surface area contributed by atoms with Crippen LogP contribution in [0.4, 0.5) is 8.78 Å². The van der Waals surface area contributed by atoms with Crippen molar-refractivity contribution in [2.75, 3.05) is 6.61 Å². The molecule has 0 amide bonds. The highest BCUT2D eigenvalue weighted by Crippen LogP contribution is 2.16. The Kier molecular flexibility index (Phi) is 6.23. The zero-order chi connectivity index (χ0) is 17.5. The van der Waals surface area contributed by atoms with Gasteiger partial charge in [-0.3, -0.25) is 0 Å². The highest BCUT2D eigenvalue weighted by molar-refractivity contribution is 5.90. The number of benzene rings is 1. The standard InChI is InChI=1S/C18H20F2N2O2/c1-13(17(19)20)8-6-7-11-24-18(23)16-12-21-22(14(16)2)15-9-4-3-5-10-15/h3-5,9-10,12H,6-8,11H2,1-2H3. The first-order valence-corrected chi connectivity index (χ1v) is 7.78. The van der Waals surface area contributed by atoms with E-state index in [2.05, 4.69) is 5.10 Å². The first-order valence-electron chi connectivity index (χ1n) is 7.78. The van der Waals surface area contributed by atoms with Gasteiger partial charge >= 0.3 is 5.97 Å². The molecule has 1 aromatic carbocycles. The molecule has 0 saturated heterocycles. The van der Waals surface area contributed by atoms with Crippen LogP contribution in [0.25, 0.3) is 5.69 Å². The highest BCUT2D eigenvalue weighted by Gasteiger charge is 2.16. The maximum Gasteiger partial charge on any atom is 0.341 e. The molecule has 0 radical (unpaired) electrons. The summed E-state index contributed by atoms with van der Waals surface area (Å²) >= 11 is 0. The molecule has 1 heterocycles. The molecule has 1 aromatic heterocycles. The molecular weight excluding hydrogens is 314 g/mol. The number of halogens is 2. The summed E-state index contributed by atoms with van der Waals surface area (Å²) in [6.07, 6.45) is 1.26. The lowest BCUT2D eigenvalue weighted by Gasteiger charge is -2.06. The molecule has 0 unspecified atom stereocenters. The van der Waals surface area contributed by atoms with Crippen molar-refractivity contribution in [2.45, 2.75) is 33.1 Å². The number of allylic oxidation sites excluding steroid dienone is 1. The van der Waals surface area contributed by atoms with Crippen molar-refractivity contribution >= 4 is 5.97 Å². The van der Waals surface area contributed by atoms with Gasteiger partial charge in [-0.25, -0.2) is 9.48 Å². The molecule has 2 rings (SSSR count). The smallest absolute Gasteiger partial charge is 0.341 e. The van der Waals surface area contributed by atoms with Crippen molar-refractivity contribution in [3.63, 3.8) is 0 Å². The number of aromatic nitrogens is 2. The Morgan fingerprint density at radius 3 is 2.58 bits per heavy atom. The minimum Gasteiger partial charge on any atom is -0.462 e. The van der Waals surface area contributed by atoms with Gasteiger partial charge in [0.05, 0.1) is 24.2 Å². The molecule has 0 aliphatic rings. The van der Waals surface area contributed by atoms with Gasteiger partial charge < -0.3 is 4.74 Å². The normalized spacial score (nSPS) is 10.5. The topological polar surface area (TPSA) is 44.1 Å². The van der Waals surface area contributed by atoms with E-state index in [9.17, 15) is 13.6 Å². The predicted octanol–water partition coefficient (Wildman–Crippen LogP) is 4.68. The lowest BCUT2D eigenvalue weighted by molar-refractivity contribution is 0.0497. The van der Waals surface area contributed by atoms with Crippen LogP contribution >= 0.6 is 0 Å². The van der Waals surface area contributed by atoms with E-state index in [4.69, 9.17) is 4.74 Å². The zero-order valence-electron chi connectivity index (χ0n) is 13.8. The van der Waals surface area contributed by atoms with E-state index in [1.807, 2.05) is 30.3 Å². The summed E-state index contributed by atoms with van der Waals surface area (Å²) in [6, 6.07) is 9.49. The van der Waals surface area contributed by atoms with Crippen LogP contribution in [-0.4, -0.2) is 22.4 Å². The SMILES string of the molecule is CC(CCCCOC(=O)c1cnn(-c2ccccc2)c1C)=C(F)F. The molecular formula is C18H20F2N2O2. The molecule has 0 aliphatic carbocycles. The molecule has 0 atom stereocenters. The van der Waals surface area contributed by atoms with Crippen LogP contribution in [0, 0.1) is 6.92 Å². The molecule has 24 heavy (non-hydrogen) atoms. The second kappa shape index (κ2) is 8.38. The van der Waals surface area contributed by atoms with Crippen molar-refractivity contribution in [1.82, 2.24) is 9.78 Å². The molecule has 0 fully saturated rings. The van der Waals surface area contributed by atoms with Crippen LogP contribution < -0.4 is 0 Å². The number of hydrogen-bond acceptors (Lipinski definition) is 3. The first kappa shape index (κ1) is 17.8. The summed E-state index contributed by atoms with van der Waals surface area (Å²) in [7, 11) is 0. The highest BCUT2D eigenvalue weighted by atomic mass is 19.3. The fraction of sp³-hybridized carbons (Fsp3) is 0.333. The Morgan fingerprint density at radius 1 is 1.21 bits per heavy atom. The maximum atomic E-state index is 12.3. The molecule has 0 aliphatic heterocycles. The van der Waals surface area contributed by atoms with Gasteiger partial charge in [0.1, 0.15) is 5.56 Å². The van der Waals surface area contributed by atoms with Crippen LogP contribution in [0.2, 0.25) is 0 Å². The summed E-state index contributed by atoms with van der Waals surface area (Å²) < 4.78 is 31.4. The van der Waals surface area contributed by atoms with E-state index in [-0.39, 0.29) is 12.2 Å². The van der Waals surface area contributed by atoms with Gasteiger partial charge in [-0.1, -0.05) is 18.2 Å². The van der Waals surface area contributed by atoms with E-state index in [1.165, 1.54) is 13.1 Å². The van der Waals surface area contributed by atoms with Gasteiger partial charge in [0, 0.05) is 0 Å². The Morgan fingerprint density at radius 2 is 1.92 bits per heavy atom. The molecule has 4 nitrogen and oxygen atoms in total. The van der Waals surface area contributed by atoms with Crippen molar-refractivity contribution in [1.29, 1.82) is 0 Å². The van der Waals surface area contributed by atoms with Gasteiger partial charge in [-0.05, 0) is 50.8 Å². The zero-order valence-corrected chi connectivity index (χ0v) is 13.8. The second-order valence-electron chi connectivity index (χ2n) is 5.52. The molecule has 6 heteroatoms. The number of nitrogens with zero attached hydrogens (tertiary/aromatic N) is 2. The lowest BCUT2D eigenvalue weighted by Crippen LogP contribution is -2.08. The summed E-state index contributed by atoms with van der Waals surface area (Å²) in [5.41, 5.74) is 2.06. The number of hydrogen-bond donors (Lipinski definition) is 0. The molecule has 128 valence electrons. The van der Waals surface area contributed by atoms with Crippen molar-refractivity contribution in [2.24, 2.45) is 0 Å². The predicted molar refractivity (Wildman–Crippen MR) is 87.4 cm³/mol. The second-order valence-corrected chi connectivity index (χ2v) is 5.52. The van der Waals surface area contributed by atoms with Gasteiger partial charge in [-0.15, -0.1) is 0 Å². The van der Waals surface area contributed by atoms with E-state index in [0.717, 1.165) is 5.69 Å². The number of carbonyl (C=O) groups is 1. The average molecular weight is 334 g/mol. The largest absolute Gasteiger partial charge is 0.462 e. The summed E-state index contributed by atoms with van der Waals surface area (Å²) in [5, 5.41) is 4.22. The van der Waals surface area contributed by atoms with E-state index >= 15 is 0 Å². The number of esters is 1. The maximum absolute atomic E-state index is 12.3. The van der Waals surface area contributed by atoms with Crippen molar-refractivity contribution in [3.8, 4) is 5.69 Å². The van der Waals surface area contributed by atoms with Gasteiger partial charge in [0.2, 0.25) is 0 Å². The average Bonchev–Trinajstić information content (AvgIpc) is 2.96. The molecule has 0 spiro atoms. The quantitative estimate of drug-likeness (QED) is 0.545. The Hall–Kier alpha value is -2.50. The van der Waals surface area contributed by atoms with Crippen molar-refractivity contribution in [3.05, 3.63) is 59.4 Å². The minimum absolute atomic E-state index is 0.0845. The number of carbonyl (C=O) groups excluding carboxylic acids is 1. The van der Waals surface area contributed by atoms with Crippen LogP contribution in [0.5, 0.6) is 0 Å². The summed E-state index contributed by atoms with van der Waals surface area (Å²) in [5.74, 6) is -0.446. The number of unbranched alkanes of at least 4 members (excludes halogenated alkanes) is 1. The third kappa shape index (κ3) is 4.50. The summed E-state index contributed by atoms with van der Waals surface area (Å²) in [4.78, 5) is 12.1. The number of rotatable bonds is 7. The Balaban J connectivity index is 1.88. The third-order valence-corrected chi connectivity index (χ3v) is 3.73. The minimum atomic E-state index is -1.63. The van der Waals surface area contributed by atoms with Crippen LogP contribution in [0.15, 0.2) is 48.2 Å². The molecule has 0 saturated carbocycles. The lowest BCUT2D eigenvalue weighted by atomic mass is 10.1. The van der Waals surface area contributed by atoms with Gasteiger partial charge in [0.15, 0.2) is 0 Å². The van der Waals surface area contributed by atoms with Crippen LogP contribution in [-0.2, 0) is 4.74 Å². The van der Waals surface area contributed by atoms with Gasteiger partial charge in [-0.2, -0.15) is 13.9 Å². The first-order chi connectivity index (χ1) is 11.5. The molecule has 0 N–H and O–H groups in total. The monoisotopic (exact) mass is 334 g/mol. The third-order valence-electron chi connectivity index (χ3n) is 3.73. The molecule has 2 aromatic rings. The van der Waals surface area contributed by atoms with Crippen LogP contribution in [0.1, 0.15) is 42.2 Å². The fourth-order valence-electron chi connectivity index (χ4n) is 2.27. The van der Waals surface area contributed by atoms with E-state index in [1.54, 1.807) is 11.6 Å². The molecule has 0 bridgehead atoms. The van der Waals surface area contributed by atoms with E-state index in [0.29, 0.717) is 30.5 Å².